The highest BCUT2D eigenvalue weighted by molar-refractivity contribution is 5.94. The molecule has 4 aromatic rings. The van der Waals surface area contributed by atoms with Gasteiger partial charge in [-0.1, -0.05) is 17.2 Å². The van der Waals surface area contributed by atoms with Crippen molar-refractivity contribution in [1.29, 1.82) is 0 Å². The Labute approximate surface area is 155 Å². The molecule has 0 bridgehead atoms. The molecule has 6 nitrogen and oxygen atoms in total. The number of aryl methyl sites for hydroxylation is 2. The van der Waals surface area contributed by atoms with Crippen molar-refractivity contribution in [3.8, 4) is 16.9 Å². The fraction of sp³-hybridized carbons (Fsp3) is 0.0952. The highest BCUT2D eigenvalue weighted by atomic mass is 16.4. The van der Waals surface area contributed by atoms with E-state index >= 15 is 0 Å². The SMILES string of the molecule is Cc1cc(C)cc(-c2cnc3ccn(-c4ccc(C(=O)O)c(N)c4)c3n2)c1. The van der Waals surface area contributed by atoms with E-state index in [1.807, 2.05) is 16.8 Å². The summed E-state index contributed by atoms with van der Waals surface area (Å²) in [6.45, 7) is 4.11. The van der Waals surface area contributed by atoms with E-state index in [0.29, 0.717) is 5.65 Å². The van der Waals surface area contributed by atoms with Crippen LogP contribution < -0.4 is 5.73 Å². The van der Waals surface area contributed by atoms with Crippen molar-refractivity contribution in [2.24, 2.45) is 0 Å². The number of carboxylic acids is 1. The largest absolute Gasteiger partial charge is 0.478 e. The maximum atomic E-state index is 11.2. The van der Waals surface area contributed by atoms with Gasteiger partial charge in [-0.15, -0.1) is 0 Å². The Bertz CT molecular complexity index is 1170. The van der Waals surface area contributed by atoms with Crippen molar-refractivity contribution in [3.05, 3.63) is 71.5 Å². The third kappa shape index (κ3) is 3.01. The summed E-state index contributed by atoms with van der Waals surface area (Å²) >= 11 is 0. The van der Waals surface area contributed by atoms with E-state index in [1.54, 1.807) is 18.3 Å². The molecule has 0 fully saturated rings. The molecule has 27 heavy (non-hydrogen) atoms. The first-order valence-corrected chi connectivity index (χ1v) is 8.48. The molecule has 2 aromatic heterocycles. The minimum atomic E-state index is -1.05. The molecule has 4 rings (SSSR count). The van der Waals surface area contributed by atoms with Gasteiger partial charge in [-0.05, 0) is 50.2 Å². The van der Waals surface area contributed by atoms with Gasteiger partial charge in [0.25, 0.3) is 0 Å². The fourth-order valence-electron chi connectivity index (χ4n) is 3.26. The number of hydrogen-bond donors (Lipinski definition) is 2. The van der Waals surface area contributed by atoms with Crippen LogP contribution in [0, 0.1) is 13.8 Å². The van der Waals surface area contributed by atoms with Gasteiger partial charge >= 0.3 is 5.97 Å². The Kier molecular flexibility index (Phi) is 3.88. The standard InChI is InChI=1S/C21H18N4O2/c1-12-7-13(2)9-14(8-12)19-11-23-18-5-6-25(20(18)24-19)15-3-4-16(21(26)27)17(22)10-15/h3-11H,22H2,1-2H3,(H,26,27). The summed E-state index contributed by atoms with van der Waals surface area (Å²) in [6.07, 6.45) is 3.62. The zero-order valence-electron chi connectivity index (χ0n) is 15.0. The molecular formula is C21H18N4O2. The van der Waals surface area contributed by atoms with Crippen LogP contribution >= 0.6 is 0 Å². The second-order valence-corrected chi connectivity index (χ2v) is 6.60. The zero-order valence-corrected chi connectivity index (χ0v) is 15.0. The van der Waals surface area contributed by atoms with E-state index in [9.17, 15) is 4.79 Å². The fourth-order valence-corrected chi connectivity index (χ4v) is 3.26. The maximum absolute atomic E-state index is 11.2. The van der Waals surface area contributed by atoms with E-state index in [-0.39, 0.29) is 11.3 Å². The number of nitrogens with two attached hydrogens (primary N) is 1. The van der Waals surface area contributed by atoms with E-state index < -0.39 is 5.97 Å². The number of carboxylic acid groups (broad SMARTS) is 1. The molecule has 0 spiro atoms. The predicted molar refractivity (Wildman–Crippen MR) is 105 cm³/mol. The number of carbonyl (C=O) groups is 1. The summed E-state index contributed by atoms with van der Waals surface area (Å²) in [7, 11) is 0. The van der Waals surface area contributed by atoms with Crippen LogP contribution in [0.25, 0.3) is 28.1 Å². The zero-order chi connectivity index (χ0) is 19.1. The lowest BCUT2D eigenvalue weighted by atomic mass is 10.1. The Morgan fingerprint density at radius 3 is 2.48 bits per heavy atom. The van der Waals surface area contributed by atoms with Crippen LogP contribution in [0.5, 0.6) is 0 Å². The van der Waals surface area contributed by atoms with Crippen LogP contribution in [0.4, 0.5) is 5.69 Å². The minimum absolute atomic E-state index is 0.0808. The Morgan fingerprint density at radius 2 is 1.81 bits per heavy atom. The van der Waals surface area contributed by atoms with Crippen LogP contribution in [0.1, 0.15) is 21.5 Å². The second kappa shape index (κ2) is 6.25. The molecule has 0 aliphatic heterocycles. The van der Waals surface area contributed by atoms with Gasteiger partial charge in [-0.3, -0.25) is 9.55 Å². The third-order valence-electron chi connectivity index (χ3n) is 4.45. The number of aromatic nitrogens is 3. The lowest BCUT2D eigenvalue weighted by Crippen LogP contribution is -2.04. The third-order valence-corrected chi connectivity index (χ3v) is 4.45. The number of fused-ring (bicyclic) bond motifs is 1. The Balaban J connectivity index is 1.86. The molecule has 0 unspecified atom stereocenters. The molecule has 0 aliphatic carbocycles. The second-order valence-electron chi connectivity index (χ2n) is 6.60. The first kappa shape index (κ1) is 16.8. The summed E-state index contributed by atoms with van der Waals surface area (Å²) < 4.78 is 1.86. The molecular weight excluding hydrogens is 340 g/mol. The lowest BCUT2D eigenvalue weighted by molar-refractivity contribution is 0.0698. The molecule has 0 saturated carbocycles. The van der Waals surface area contributed by atoms with E-state index in [0.717, 1.165) is 22.5 Å². The van der Waals surface area contributed by atoms with Crippen molar-refractivity contribution in [2.75, 3.05) is 5.73 Å². The smallest absolute Gasteiger partial charge is 0.337 e. The van der Waals surface area contributed by atoms with Crippen LogP contribution in [0.3, 0.4) is 0 Å². The molecule has 0 amide bonds. The Morgan fingerprint density at radius 1 is 1.07 bits per heavy atom. The first-order chi connectivity index (χ1) is 12.9. The Hall–Kier alpha value is -3.67. The highest BCUT2D eigenvalue weighted by Crippen LogP contribution is 2.25. The average Bonchev–Trinajstić information content (AvgIpc) is 3.03. The lowest BCUT2D eigenvalue weighted by Gasteiger charge is -2.09. The van der Waals surface area contributed by atoms with Gasteiger partial charge in [0.05, 0.1) is 17.5 Å². The van der Waals surface area contributed by atoms with Gasteiger partial charge in [0.2, 0.25) is 0 Å². The van der Waals surface area contributed by atoms with Crippen molar-refractivity contribution < 1.29 is 9.90 Å². The van der Waals surface area contributed by atoms with Crippen LogP contribution in [0.2, 0.25) is 0 Å². The first-order valence-electron chi connectivity index (χ1n) is 8.48. The van der Waals surface area contributed by atoms with E-state index in [1.165, 1.54) is 17.2 Å². The number of benzene rings is 2. The van der Waals surface area contributed by atoms with Crippen LogP contribution in [0.15, 0.2) is 54.9 Å². The van der Waals surface area contributed by atoms with Gasteiger partial charge in [0, 0.05) is 23.1 Å². The molecule has 134 valence electrons. The molecule has 0 radical (unpaired) electrons. The molecule has 0 atom stereocenters. The number of nitrogen functional groups attached to an aromatic ring is 1. The molecule has 0 saturated heterocycles. The molecule has 3 N–H and O–H groups in total. The van der Waals surface area contributed by atoms with Crippen molar-refractivity contribution in [1.82, 2.24) is 14.5 Å². The van der Waals surface area contributed by atoms with E-state index in [4.69, 9.17) is 15.8 Å². The molecule has 6 heteroatoms. The summed E-state index contributed by atoms with van der Waals surface area (Å²) in [5.41, 5.74) is 12.5. The number of nitrogens with zero attached hydrogens (tertiary/aromatic N) is 3. The summed E-state index contributed by atoms with van der Waals surface area (Å²) in [5, 5.41) is 9.16. The van der Waals surface area contributed by atoms with Crippen LogP contribution in [-0.4, -0.2) is 25.6 Å². The number of anilines is 1. The van der Waals surface area contributed by atoms with E-state index in [2.05, 4.69) is 37.0 Å². The number of hydrogen-bond acceptors (Lipinski definition) is 4. The summed E-state index contributed by atoms with van der Waals surface area (Å²) in [4.78, 5) is 20.5. The quantitative estimate of drug-likeness (QED) is 0.540. The van der Waals surface area contributed by atoms with Crippen molar-refractivity contribution >= 4 is 22.8 Å². The van der Waals surface area contributed by atoms with Gasteiger partial charge in [-0.25, -0.2) is 9.78 Å². The van der Waals surface area contributed by atoms with Gasteiger partial charge in [0.1, 0.15) is 5.52 Å². The normalized spacial score (nSPS) is 11.0. The minimum Gasteiger partial charge on any atom is -0.478 e. The van der Waals surface area contributed by atoms with Crippen molar-refractivity contribution in [2.45, 2.75) is 13.8 Å². The average molecular weight is 358 g/mol. The predicted octanol–water partition coefficient (Wildman–Crippen LogP) is 3.98. The summed E-state index contributed by atoms with van der Waals surface area (Å²) in [6, 6.07) is 13.0. The van der Waals surface area contributed by atoms with Gasteiger partial charge in [-0.2, -0.15) is 0 Å². The van der Waals surface area contributed by atoms with Crippen LogP contribution in [-0.2, 0) is 0 Å². The van der Waals surface area contributed by atoms with Crippen molar-refractivity contribution in [3.63, 3.8) is 0 Å². The summed E-state index contributed by atoms with van der Waals surface area (Å²) in [5.74, 6) is -1.05. The monoisotopic (exact) mass is 358 g/mol. The highest BCUT2D eigenvalue weighted by Gasteiger charge is 2.12. The molecule has 2 heterocycles. The molecule has 0 aliphatic rings. The number of aromatic carboxylic acids is 1. The topological polar surface area (TPSA) is 94.0 Å². The number of rotatable bonds is 3. The maximum Gasteiger partial charge on any atom is 0.337 e. The molecule has 2 aromatic carbocycles. The van der Waals surface area contributed by atoms with Gasteiger partial charge in [0.15, 0.2) is 5.65 Å². The van der Waals surface area contributed by atoms with Gasteiger partial charge < -0.3 is 10.8 Å².